The molecule has 0 heterocycles. The van der Waals surface area contributed by atoms with Crippen LogP contribution < -0.4 is 0 Å². The Kier molecular flexibility index (Phi) is 11.6. The highest BCUT2D eigenvalue weighted by atomic mass is 14.4. The van der Waals surface area contributed by atoms with E-state index in [0.29, 0.717) is 0 Å². The van der Waals surface area contributed by atoms with Crippen LogP contribution in [0.15, 0.2) is 0 Å². The molecule has 20 heavy (non-hydrogen) atoms. The predicted octanol–water partition coefficient (Wildman–Crippen LogP) is 7.33. The van der Waals surface area contributed by atoms with Crippen molar-refractivity contribution in [2.75, 3.05) is 0 Å². The van der Waals surface area contributed by atoms with Crippen LogP contribution in [0.2, 0.25) is 0 Å². The molecule has 4 unspecified atom stereocenters. The van der Waals surface area contributed by atoms with Gasteiger partial charge in [0.2, 0.25) is 0 Å². The topological polar surface area (TPSA) is 0 Å². The van der Waals surface area contributed by atoms with E-state index < -0.39 is 0 Å². The molecule has 2 saturated carbocycles. The minimum atomic E-state index is 0.833. The maximum atomic E-state index is 2.39. The van der Waals surface area contributed by atoms with E-state index >= 15 is 0 Å². The Labute approximate surface area is 130 Å². The highest BCUT2D eigenvalue weighted by molar-refractivity contribution is 4.89. The van der Waals surface area contributed by atoms with Crippen molar-refractivity contribution in [2.24, 2.45) is 29.6 Å². The summed E-state index contributed by atoms with van der Waals surface area (Å²) in [4.78, 5) is 0. The van der Waals surface area contributed by atoms with Crippen molar-refractivity contribution in [3.63, 3.8) is 0 Å². The molecule has 0 bridgehead atoms. The Balaban J connectivity index is 0.000000521. The molecule has 0 nitrogen and oxygen atoms in total. The van der Waals surface area contributed by atoms with E-state index in [2.05, 4.69) is 34.6 Å². The van der Waals surface area contributed by atoms with Crippen LogP contribution in [0.1, 0.15) is 99.8 Å². The summed E-state index contributed by atoms with van der Waals surface area (Å²) in [6.45, 7) is 15.2. The molecular weight excluding hydrogens is 240 g/mol. The van der Waals surface area contributed by atoms with E-state index in [4.69, 9.17) is 0 Å². The molecule has 122 valence electrons. The van der Waals surface area contributed by atoms with Crippen molar-refractivity contribution >= 4 is 0 Å². The number of hydrogen-bond donors (Lipinski definition) is 0. The zero-order chi connectivity index (χ0) is 15.5. The van der Waals surface area contributed by atoms with Crippen molar-refractivity contribution in [3.8, 4) is 0 Å². The van der Waals surface area contributed by atoms with Crippen LogP contribution in [0, 0.1) is 29.6 Å². The number of fused-ring (bicyclic) bond motifs is 1. The molecule has 0 saturated heterocycles. The van der Waals surface area contributed by atoms with Crippen molar-refractivity contribution in [2.45, 2.75) is 99.8 Å². The summed E-state index contributed by atoms with van der Waals surface area (Å²) in [5.74, 6) is 5.29. The first-order valence-electron chi connectivity index (χ1n) is 9.58. The Morgan fingerprint density at radius 3 is 2.00 bits per heavy atom. The first-order valence-corrected chi connectivity index (χ1v) is 9.58. The Morgan fingerprint density at radius 2 is 1.50 bits per heavy atom. The summed E-state index contributed by atoms with van der Waals surface area (Å²) in [7, 11) is 0. The lowest BCUT2D eigenvalue weighted by molar-refractivity contribution is 0.167. The highest BCUT2D eigenvalue weighted by Crippen LogP contribution is 2.49. The maximum Gasteiger partial charge on any atom is -0.0357 e. The molecule has 2 fully saturated rings. The van der Waals surface area contributed by atoms with E-state index in [0.717, 1.165) is 29.6 Å². The Morgan fingerprint density at radius 1 is 0.900 bits per heavy atom. The van der Waals surface area contributed by atoms with Crippen LogP contribution in [0.5, 0.6) is 0 Å². The second-order valence-corrected chi connectivity index (χ2v) is 7.37. The smallest absolute Gasteiger partial charge is 0.0357 e. The van der Waals surface area contributed by atoms with Gasteiger partial charge >= 0.3 is 0 Å². The molecule has 4 atom stereocenters. The molecule has 0 aliphatic heterocycles. The lowest BCUT2D eigenvalue weighted by Gasteiger charge is -2.34. The van der Waals surface area contributed by atoms with Gasteiger partial charge in [0, 0.05) is 0 Å². The summed E-state index contributed by atoms with van der Waals surface area (Å²) in [6.07, 6.45) is 12.1. The van der Waals surface area contributed by atoms with Crippen LogP contribution in [-0.2, 0) is 0 Å². The van der Waals surface area contributed by atoms with Crippen molar-refractivity contribution in [1.29, 1.82) is 0 Å². The lowest BCUT2D eigenvalue weighted by atomic mass is 9.72. The molecule has 0 N–H and O–H groups in total. The number of rotatable bonds is 3. The third-order valence-corrected chi connectivity index (χ3v) is 4.88. The zero-order valence-corrected chi connectivity index (χ0v) is 15.5. The molecule has 2 aliphatic rings. The Bertz CT molecular complexity index is 203. The molecule has 0 radical (unpaired) electrons. The Hall–Kier alpha value is 0. The molecule has 0 aromatic carbocycles. The van der Waals surface area contributed by atoms with Crippen molar-refractivity contribution in [1.82, 2.24) is 0 Å². The summed E-state index contributed by atoms with van der Waals surface area (Å²) in [6, 6.07) is 0. The standard InChI is InChI=1S/C14H26.C4H10.C2H6/c1-3-5-11-6-9-14-12(4-2)7-8-13(14)10-11;1-4(2)3;1-2/h11-14H,3-10H2,1-2H3;4H,1-3H3;1-2H3. The molecule has 0 aromatic heterocycles. The minimum Gasteiger partial charge on any atom is -0.0683 e. The fraction of sp³-hybridized carbons (Fsp3) is 1.00. The first kappa shape index (κ1) is 20.0. The molecule has 0 aromatic rings. The van der Waals surface area contributed by atoms with Gasteiger partial charge in [-0.2, -0.15) is 0 Å². The van der Waals surface area contributed by atoms with Gasteiger partial charge in [-0.05, 0) is 55.3 Å². The van der Waals surface area contributed by atoms with Gasteiger partial charge in [-0.3, -0.25) is 0 Å². The van der Waals surface area contributed by atoms with Gasteiger partial charge < -0.3 is 0 Å². The highest BCUT2D eigenvalue weighted by Gasteiger charge is 2.38. The summed E-state index contributed by atoms with van der Waals surface area (Å²) >= 11 is 0. The SMILES string of the molecule is CC.CC(C)C.CCCC1CCC2C(CC)CCC2C1. The second kappa shape index (κ2) is 11.6. The van der Waals surface area contributed by atoms with Gasteiger partial charge in [0.05, 0.1) is 0 Å². The van der Waals surface area contributed by atoms with Gasteiger partial charge in [0.25, 0.3) is 0 Å². The molecular formula is C20H42. The quantitative estimate of drug-likeness (QED) is 0.508. The number of hydrogen-bond acceptors (Lipinski definition) is 0. The second-order valence-electron chi connectivity index (χ2n) is 7.37. The van der Waals surface area contributed by atoms with E-state index in [1.54, 1.807) is 32.1 Å². The third kappa shape index (κ3) is 7.14. The fourth-order valence-electron chi connectivity index (χ4n) is 4.16. The summed E-state index contributed by atoms with van der Waals surface area (Å²) in [5, 5.41) is 0. The van der Waals surface area contributed by atoms with Gasteiger partial charge in [0.1, 0.15) is 0 Å². The van der Waals surface area contributed by atoms with E-state index in [1.807, 2.05) is 13.8 Å². The molecule has 0 spiro atoms. The monoisotopic (exact) mass is 282 g/mol. The van der Waals surface area contributed by atoms with Crippen molar-refractivity contribution in [3.05, 3.63) is 0 Å². The van der Waals surface area contributed by atoms with Crippen molar-refractivity contribution < 1.29 is 0 Å². The normalized spacial score (nSPS) is 31.8. The summed E-state index contributed by atoms with van der Waals surface area (Å²) in [5.41, 5.74) is 0. The van der Waals surface area contributed by atoms with E-state index in [9.17, 15) is 0 Å². The molecule has 2 rings (SSSR count). The van der Waals surface area contributed by atoms with E-state index in [1.165, 1.54) is 19.3 Å². The van der Waals surface area contributed by atoms with Crippen LogP contribution >= 0.6 is 0 Å². The predicted molar refractivity (Wildman–Crippen MR) is 94.1 cm³/mol. The first-order chi connectivity index (χ1) is 9.58. The summed E-state index contributed by atoms with van der Waals surface area (Å²) < 4.78 is 0. The molecule has 0 heteroatoms. The van der Waals surface area contributed by atoms with Gasteiger partial charge in [0.15, 0.2) is 0 Å². The zero-order valence-electron chi connectivity index (χ0n) is 15.5. The molecule has 2 aliphatic carbocycles. The van der Waals surface area contributed by atoms with Crippen LogP contribution in [0.25, 0.3) is 0 Å². The van der Waals surface area contributed by atoms with E-state index in [-0.39, 0.29) is 0 Å². The largest absolute Gasteiger partial charge is 0.0683 e. The average molecular weight is 283 g/mol. The van der Waals surface area contributed by atoms with Crippen LogP contribution in [0.3, 0.4) is 0 Å². The molecule has 0 amide bonds. The average Bonchev–Trinajstić information content (AvgIpc) is 2.83. The third-order valence-electron chi connectivity index (χ3n) is 4.88. The van der Waals surface area contributed by atoms with Gasteiger partial charge in [-0.1, -0.05) is 74.1 Å². The minimum absolute atomic E-state index is 0.833. The van der Waals surface area contributed by atoms with Crippen LogP contribution in [0.4, 0.5) is 0 Å². The van der Waals surface area contributed by atoms with Crippen LogP contribution in [-0.4, -0.2) is 0 Å². The van der Waals surface area contributed by atoms with Gasteiger partial charge in [-0.25, -0.2) is 0 Å². The maximum absolute atomic E-state index is 2.39. The van der Waals surface area contributed by atoms with Gasteiger partial charge in [-0.15, -0.1) is 0 Å². The fourth-order valence-corrected chi connectivity index (χ4v) is 4.16. The lowest BCUT2D eigenvalue weighted by Crippen LogP contribution is -2.24.